The Balaban J connectivity index is 1.65. The molecular weight excluding hydrogens is 342 g/mol. The predicted molar refractivity (Wildman–Crippen MR) is 109 cm³/mol. The van der Waals surface area contributed by atoms with Gasteiger partial charge >= 0.3 is 0 Å². The van der Waals surface area contributed by atoms with Crippen LogP contribution in [0, 0.1) is 6.92 Å². The highest BCUT2D eigenvalue weighted by molar-refractivity contribution is 6.20. The Kier molecular flexibility index (Phi) is 5.01. The second-order valence-electron chi connectivity index (χ2n) is 7.46. The van der Waals surface area contributed by atoms with E-state index in [9.17, 15) is 0 Å². The van der Waals surface area contributed by atoms with Gasteiger partial charge in [-0.3, -0.25) is 4.90 Å². The summed E-state index contributed by atoms with van der Waals surface area (Å²) in [7, 11) is 0. The third-order valence-electron chi connectivity index (χ3n) is 5.32. The largest absolute Gasteiger partial charge is 0.322 e. The third-order valence-corrected chi connectivity index (χ3v) is 5.52. The van der Waals surface area contributed by atoms with Gasteiger partial charge in [0.25, 0.3) is 0 Å². The van der Waals surface area contributed by atoms with Gasteiger partial charge in [-0.25, -0.2) is 4.98 Å². The zero-order chi connectivity index (χ0) is 18.1. The smallest absolute Gasteiger partial charge is 0.128 e. The highest BCUT2D eigenvalue weighted by atomic mass is 35.5. The van der Waals surface area contributed by atoms with Crippen molar-refractivity contribution in [1.29, 1.82) is 0 Å². The van der Waals surface area contributed by atoms with Crippen LogP contribution >= 0.6 is 11.6 Å². The Hall–Kier alpha value is -1.84. The molecule has 4 rings (SSSR count). The summed E-state index contributed by atoms with van der Waals surface area (Å²) in [5.41, 5.74) is 4.92. The van der Waals surface area contributed by atoms with Crippen LogP contribution in [0.3, 0.4) is 0 Å². The molecule has 1 fully saturated rings. The Labute approximate surface area is 160 Å². The van der Waals surface area contributed by atoms with Gasteiger partial charge in [-0.2, -0.15) is 0 Å². The second kappa shape index (κ2) is 7.42. The van der Waals surface area contributed by atoms with Crippen molar-refractivity contribution >= 4 is 22.6 Å². The van der Waals surface area contributed by atoms with Crippen LogP contribution < -0.4 is 0 Å². The SMILES string of the molecule is Cc1ccc2nc(C(C)Cl)n(C3CCCN(Cc4ccccc4)C3)c2c1. The van der Waals surface area contributed by atoms with Gasteiger partial charge in [-0.1, -0.05) is 36.4 Å². The number of alkyl halides is 1. The van der Waals surface area contributed by atoms with E-state index in [0.717, 1.165) is 31.0 Å². The molecule has 0 amide bonds. The van der Waals surface area contributed by atoms with E-state index in [1.165, 1.54) is 29.5 Å². The van der Waals surface area contributed by atoms with Gasteiger partial charge in [-0.15, -0.1) is 11.6 Å². The lowest BCUT2D eigenvalue weighted by Gasteiger charge is -2.34. The van der Waals surface area contributed by atoms with Gasteiger partial charge in [0, 0.05) is 19.1 Å². The van der Waals surface area contributed by atoms with Crippen molar-refractivity contribution < 1.29 is 0 Å². The molecule has 136 valence electrons. The number of nitrogens with zero attached hydrogens (tertiary/aromatic N) is 3. The van der Waals surface area contributed by atoms with Crippen molar-refractivity contribution in [1.82, 2.24) is 14.5 Å². The zero-order valence-electron chi connectivity index (χ0n) is 15.5. The Morgan fingerprint density at radius 3 is 2.77 bits per heavy atom. The summed E-state index contributed by atoms with van der Waals surface area (Å²) in [4.78, 5) is 7.41. The molecule has 1 saturated heterocycles. The topological polar surface area (TPSA) is 21.1 Å². The number of halogens is 1. The first kappa shape index (κ1) is 17.6. The van der Waals surface area contributed by atoms with Gasteiger partial charge < -0.3 is 4.57 Å². The van der Waals surface area contributed by atoms with E-state index in [1.807, 2.05) is 6.92 Å². The number of aromatic nitrogens is 2. The molecule has 3 nitrogen and oxygen atoms in total. The van der Waals surface area contributed by atoms with Crippen molar-refractivity contribution in [3.8, 4) is 0 Å². The molecule has 2 unspecified atom stereocenters. The third kappa shape index (κ3) is 3.51. The van der Waals surface area contributed by atoms with Crippen molar-refractivity contribution in [2.24, 2.45) is 0 Å². The molecule has 0 radical (unpaired) electrons. The average molecular weight is 368 g/mol. The van der Waals surface area contributed by atoms with Gasteiger partial charge in [0.15, 0.2) is 0 Å². The predicted octanol–water partition coefficient (Wildman–Crippen LogP) is 5.48. The van der Waals surface area contributed by atoms with E-state index in [4.69, 9.17) is 16.6 Å². The number of hydrogen-bond donors (Lipinski definition) is 0. The van der Waals surface area contributed by atoms with Crippen molar-refractivity contribution in [2.45, 2.75) is 44.7 Å². The number of piperidine rings is 1. The number of imidazole rings is 1. The summed E-state index contributed by atoms with van der Waals surface area (Å²) in [6.07, 6.45) is 2.39. The Bertz CT molecular complexity index is 885. The molecule has 0 bridgehead atoms. The minimum Gasteiger partial charge on any atom is -0.322 e. The van der Waals surface area contributed by atoms with Gasteiger partial charge in [0.2, 0.25) is 0 Å². The maximum absolute atomic E-state index is 6.51. The molecule has 1 aromatic heterocycles. The van der Waals surface area contributed by atoms with Crippen molar-refractivity contribution in [2.75, 3.05) is 13.1 Å². The Morgan fingerprint density at radius 1 is 1.19 bits per heavy atom. The first-order chi connectivity index (χ1) is 12.6. The van der Waals surface area contributed by atoms with Crippen LogP contribution in [0.5, 0.6) is 0 Å². The average Bonchev–Trinajstić information content (AvgIpc) is 3.02. The van der Waals surface area contributed by atoms with E-state index in [0.29, 0.717) is 6.04 Å². The van der Waals surface area contributed by atoms with Crippen LogP contribution in [-0.2, 0) is 6.54 Å². The number of benzene rings is 2. The molecule has 2 aromatic carbocycles. The van der Waals surface area contributed by atoms with Crippen LogP contribution in [0.4, 0.5) is 0 Å². The molecule has 2 heterocycles. The van der Waals surface area contributed by atoms with E-state index >= 15 is 0 Å². The summed E-state index contributed by atoms with van der Waals surface area (Å²) in [5.74, 6) is 0.999. The molecular formula is C22H26ClN3. The molecule has 0 spiro atoms. The van der Waals surface area contributed by atoms with Crippen LogP contribution in [-0.4, -0.2) is 27.5 Å². The molecule has 0 saturated carbocycles. The van der Waals surface area contributed by atoms with E-state index in [2.05, 4.69) is 64.9 Å². The first-order valence-corrected chi connectivity index (χ1v) is 9.94. The minimum absolute atomic E-state index is 0.0906. The van der Waals surface area contributed by atoms with Gasteiger partial charge in [0.1, 0.15) is 5.82 Å². The second-order valence-corrected chi connectivity index (χ2v) is 8.12. The fourth-order valence-electron chi connectivity index (χ4n) is 4.11. The molecule has 0 N–H and O–H groups in total. The number of likely N-dealkylation sites (tertiary alicyclic amines) is 1. The quantitative estimate of drug-likeness (QED) is 0.569. The number of fused-ring (bicyclic) bond motifs is 1. The lowest BCUT2D eigenvalue weighted by atomic mass is 10.0. The summed E-state index contributed by atoms with van der Waals surface area (Å²) in [5, 5.41) is -0.0906. The highest BCUT2D eigenvalue weighted by Crippen LogP contribution is 2.33. The van der Waals surface area contributed by atoms with Crippen molar-refractivity contribution in [3.05, 3.63) is 65.5 Å². The normalized spacial score (nSPS) is 19.7. The van der Waals surface area contributed by atoms with E-state index in [1.54, 1.807) is 0 Å². The van der Waals surface area contributed by atoms with Crippen LogP contribution in [0.1, 0.15) is 48.1 Å². The molecule has 0 aliphatic carbocycles. The molecule has 4 heteroatoms. The molecule has 1 aliphatic rings. The molecule has 3 aromatic rings. The number of aryl methyl sites for hydroxylation is 1. The summed E-state index contributed by atoms with van der Waals surface area (Å²) in [6, 6.07) is 17.7. The minimum atomic E-state index is -0.0906. The maximum atomic E-state index is 6.51. The molecule has 1 aliphatic heterocycles. The lowest BCUT2D eigenvalue weighted by Crippen LogP contribution is -2.36. The highest BCUT2D eigenvalue weighted by Gasteiger charge is 2.26. The Morgan fingerprint density at radius 2 is 2.00 bits per heavy atom. The first-order valence-electron chi connectivity index (χ1n) is 9.50. The molecule has 2 atom stereocenters. The fraction of sp³-hybridized carbons (Fsp3) is 0.409. The summed E-state index contributed by atoms with van der Waals surface area (Å²) < 4.78 is 2.41. The number of hydrogen-bond acceptors (Lipinski definition) is 2. The van der Waals surface area contributed by atoms with E-state index < -0.39 is 0 Å². The zero-order valence-corrected chi connectivity index (χ0v) is 16.3. The standard InChI is InChI=1S/C22H26ClN3/c1-16-10-11-20-21(13-16)26(22(24-20)17(2)23)19-9-6-12-25(15-19)14-18-7-4-3-5-8-18/h3-5,7-8,10-11,13,17,19H,6,9,12,14-15H2,1-2H3. The summed E-state index contributed by atoms with van der Waals surface area (Å²) in [6.45, 7) is 7.38. The maximum Gasteiger partial charge on any atom is 0.128 e. The van der Waals surface area contributed by atoms with Gasteiger partial charge in [0.05, 0.1) is 16.4 Å². The lowest BCUT2D eigenvalue weighted by molar-refractivity contribution is 0.170. The van der Waals surface area contributed by atoms with Crippen LogP contribution in [0.25, 0.3) is 11.0 Å². The fourth-order valence-corrected chi connectivity index (χ4v) is 4.27. The van der Waals surface area contributed by atoms with Gasteiger partial charge in [-0.05, 0) is 56.5 Å². The monoisotopic (exact) mass is 367 g/mol. The number of rotatable bonds is 4. The van der Waals surface area contributed by atoms with E-state index in [-0.39, 0.29) is 5.38 Å². The van der Waals surface area contributed by atoms with Crippen LogP contribution in [0.2, 0.25) is 0 Å². The summed E-state index contributed by atoms with van der Waals surface area (Å²) >= 11 is 6.51. The van der Waals surface area contributed by atoms with Crippen molar-refractivity contribution in [3.63, 3.8) is 0 Å². The molecule has 26 heavy (non-hydrogen) atoms. The van der Waals surface area contributed by atoms with Crippen LogP contribution in [0.15, 0.2) is 48.5 Å².